The van der Waals surface area contributed by atoms with E-state index in [9.17, 15) is 4.79 Å². The van der Waals surface area contributed by atoms with Crippen LogP contribution in [-0.4, -0.2) is 16.6 Å². The highest BCUT2D eigenvalue weighted by Crippen LogP contribution is 2.29. The van der Waals surface area contributed by atoms with E-state index in [4.69, 9.17) is 0 Å². The van der Waals surface area contributed by atoms with Crippen LogP contribution in [0.4, 0.5) is 10.8 Å². The minimum Gasteiger partial charge on any atom is -0.273 e. The molecule has 0 aliphatic heterocycles. The summed E-state index contributed by atoms with van der Waals surface area (Å²) in [6.07, 6.45) is 0. The first kappa shape index (κ1) is 17.7. The van der Waals surface area contributed by atoms with Crippen molar-refractivity contribution in [2.75, 3.05) is 10.7 Å². The van der Waals surface area contributed by atoms with Gasteiger partial charge in [0.05, 0.1) is 17.1 Å². The lowest BCUT2D eigenvalue weighted by atomic mass is 10.2. The Kier molecular flexibility index (Phi) is 5.89. The fraction of sp³-hybridized carbons (Fsp3) is 0.200. The molecule has 25 heavy (non-hydrogen) atoms. The van der Waals surface area contributed by atoms with Crippen molar-refractivity contribution in [1.82, 2.24) is 4.98 Å². The minimum absolute atomic E-state index is 0.0539. The van der Waals surface area contributed by atoms with E-state index in [1.54, 1.807) is 16.7 Å². The molecule has 0 saturated heterocycles. The second-order valence-electron chi connectivity index (χ2n) is 5.82. The Morgan fingerprint density at radius 3 is 2.60 bits per heavy atom. The lowest BCUT2D eigenvalue weighted by Crippen LogP contribution is -2.27. The number of nitrogens with zero attached hydrogens (tertiary/aromatic N) is 2. The Morgan fingerprint density at radius 2 is 1.92 bits per heavy atom. The van der Waals surface area contributed by atoms with Crippen LogP contribution in [0, 0.1) is 13.8 Å². The molecule has 0 N–H and O–H groups in total. The maximum atomic E-state index is 12.9. The normalized spacial score (nSPS) is 10.6. The van der Waals surface area contributed by atoms with Gasteiger partial charge in [-0.2, -0.15) is 0 Å². The molecule has 1 aromatic heterocycles. The second-order valence-corrected chi connectivity index (χ2v) is 7.64. The molecule has 1 heterocycles. The number of aromatic nitrogens is 1. The lowest BCUT2D eigenvalue weighted by molar-refractivity contribution is -0.115. The first-order valence-corrected chi connectivity index (χ1v) is 10.1. The molecule has 128 valence electrons. The summed E-state index contributed by atoms with van der Waals surface area (Å²) in [4.78, 5) is 19.1. The highest BCUT2D eigenvalue weighted by atomic mass is 32.2. The van der Waals surface area contributed by atoms with Crippen LogP contribution in [0.3, 0.4) is 0 Å². The van der Waals surface area contributed by atoms with Gasteiger partial charge in [0, 0.05) is 11.1 Å². The van der Waals surface area contributed by atoms with Gasteiger partial charge in [-0.1, -0.05) is 48.0 Å². The number of thioether (sulfide) groups is 1. The van der Waals surface area contributed by atoms with Gasteiger partial charge < -0.3 is 0 Å². The molecule has 3 aromatic rings. The maximum absolute atomic E-state index is 12.9. The summed E-state index contributed by atoms with van der Waals surface area (Å²) >= 11 is 3.13. The maximum Gasteiger partial charge on any atom is 0.243 e. The summed E-state index contributed by atoms with van der Waals surface area (Å²) < 4.78 is 0. The van der Waals surface area contributed by atoms with Crippen molar-refractivity contribution in [3.05, 3.63) is 76.8 Å². The summed E-state index contributed by atoms with van der Waals surface area (Å²) in [6, 6.07) is 18.1. The number of para-hydroxylation sites is 1. The number of thiazole rings is 1. The molecule has 0 unspecified atom stereocenters. The van der Waals surface area contributed by atoms with Gasteiger partial charge in [0.1, 0.15) is 0 Å². The zero-order valence-electron chi connectivity index (χ0n) is 14.3. The number of carbonyl (C=O) groups is 1. The monoisotopic (exact) mass is 368 g/mol. The molecule has 0 aliphatic carbocycles. The van der Waals surface area contributed by atoms with Crippen molar-refractivity contribution in [2.45, 2.75) is 19.6 Å². The van der Waals surface area contributed by atoms with Crippen LogP contribution in [0.1, 0.15) is 16.8 Å². The number of hydrogen-bond acceptors (Lipinski definition) is 4. The SMILES string of the molecule is Cc1cccc(CSCC(=O)N(c2ccccc2)c2nc(C)cs2)c1. The van der Waals surface area contributed by atoms with Crippen LogP contribution < -0.4 is 4.90 Å². The molecule has 5 heteroatoms. The van der Waals surface area contributed by atoms with Crippen molar-refractivity contribution in [3.63, 3.8) is 0 Å². The number of aryl methyl sites for hydroxylation is 2. The molecule has 0 aliphatic rings. The first-order valence-electron chi connectivity index (χ1n) is 8.07. The van der Waals surface area contributed by atoms with Crippen molar-refractivity contribution in [1.29, 1.82) is 0 Å². The van der Waals surface area contributed by atoms with E-state index >= 15 is 0 Å². The van der Waals surface area contributed by atoms with Gasteiger partial charge in [-0.05, 0) is 31.5 Å². The quantitative estimate of drug-likeness (QED) is 0.587. The summed E-state index contributed by atoms with van der Waals surface area (Å²) in [6.45, 7) is 4.03. The van der Waals surface area contributed by atoms with Crippen molar-refractivity contribution < 1.29 is 4.79 Å². The van der Waals surface area contributed by atoms with E-state index in [-0.39, 0.29) is 5.91 Å². The third-order valence-corrected chi connectivity index (χ3v) is 5.57. The highest BCUT2D eigenvalue weighted by Gasteiger charge is 2.20. The van der Waals surface area contributed by atoms with Crippen LogP contribution in [0.15, 0.2) is 60.0 Å². The number of carbonyl (C=O) groups excluding carboxylic acids is 1. The summed E-state index contributed by atoms with van der Waals surface area (Å²) in [5.41, 5.74) is 4.28. The molecule has 0 atom stereocenters. The Bertz CT molecular complexity index is 846. The van der Waals surface area contributed by atoms with Gasteiger partial charge in [-0.3, -0.25) is 9.69 Å². The molecule has 0 bridgehead atoms. The molecule has 0 saturated carbocycles. The Morgan fingerprint density at radius 1 is 1.12 bits per heavy atom. The van der Waals surface area contributed by atoms with Gasteiger partial charge in [0.15, 0.2) is 5.13 Å². The summed E-state index contributed by atoms with van der Waals surface area (Å²) in [5, 5.41) is 2.70. The average molecular weight is 369 g/mol. The molecular formula is C20H20N2OS2. The number of amides is 1. The highest BCUT2D eigenvalue weighted by molar-refractivity contribution is 7.99. The van der Waals surface area contributed by atoms with Crippen LogP contribution >= 0.6 is 23.1 Å². The smallest absolute Gasteiger partial charge is 0.243 e. The van der Waals surface area contributed by atoms with E-state index in [1.807, 2.05) is 42.6 Å². The average Bonchev–Trinajstić information content (AvgIpc) is 3.02. The van der Waals surface area contributed by atoms with Crippen LogP contribution in [-0.2, 0) is 10.5 Å². The van der Waals surface area contributed by atoms with Crippen molar-refractivity contribution in [2.24, 2.45) is 0 Å². The van der Waals surface area contributed by atoms with E-state index in [0.717, 1.165) is 22.3 Å². The van der Waals surface area contributed by atoms with E-state index in [1.165, 1.54) is 22.5 Å². The lowest BCUT2D eigenvalue weighted by Gasteiger charge is -2.20. The molecule has 3 nitrogen and oxygen atoms in total. The van der Waals surface area contributed by atoms with Crippen LogP contribution in [0.2, 0.25) is 0 Å². The van der Waals surface area contributed by atoms with E-state index < -0.39 is 0 Å². The predicted molar refractivity (Wildman–Crippen MR) is 108 cm³/mol. The van der Waals surface area contributed by atoms with E-state index in [2.05, 4.69) is 36.2 Å². The molecule has 0 spiro atoms. The third kappa shape index (κ3) is 4.71. The summed E-state index contributed by atoms with van der Waals surface area (Å²) in [7, 11) is 0. The van der Waals surface area contributed by atoms with Gasteiger partial charge in [-0.15, -0.1) is 23.1 Å². The Labute approximate surface area is 156 Å². The topological polar surface area (TPSA) is 33.2 Å². The van der Waals surface area contributed by atoms with Crippen molar-refractivity contribution >= 4 is 39.8 Å². The van der Waals surface area contributed by atoms with Gasteiger partial charge in [0.25, 0.3) is 0 Å². The Hall–Kier alpha value is -2.11. The van der Waals surface area contributed by atoms with Gasteiger partial charge >= 0.3 is 0 Å². The number of hydrogen-bond donors (Lipinski definition) is 0. The number of rotatable bonds is 6. The van der Waals surface area contributed by atoms with Crippen LogP contribution in [0.25, 0.3) is 0 Å². The van der Waals surface area contributed by atoms with Gasteiger partial charge in [0.2, 0.25) is 5.91 Å². The summed E-state index contributed by atoms with van der Waals surface area (Å²) in [5.74, 6) is 1.30. The van der Waals surface area contributed by atoms with Crippen molar-refractivity contribution in [3.8, 4) is 0 Å². The largest absolute Gasteiger partial charge is 0.273 e. The van der Waals surface area contributed by atoms with E-state index in [0.29, 0.717) is 5.75 Å². The second kappa shape index (κ2) is 8.32. The Balaban J connectivity index is 1.71. The molecule has 0 fully saturated rings. The predicted octanol–water partition coefficient (Wildman–Crippen LogP) is 5.36. The fourth-order valence-electron chi connectivity index (χ4n) is 2.51. The minimum atomic E-state index is 0.0539. The molecule has 1 amide bonds. The fourth-order valence-corrected chi connectivity index (χ4v) is 4.16. The number of benzene rings is 2. The molecule has 2 aromatic carbocycles. The molecular weight excluding hydrogens is 348 g/mol. The standard InChI is InChI=1S/C20H20N2OS2/c1-15-7-6-8-17(11-15)13-24-14-19(23)22(18-9-4-3-5-10-18)20-21-16(2)12-25-20/h3-12H,13-14H2,1-2H3. The van der Waals surface area contributed by atoms with Crippen LogP contribution in [0.5, 0.6) is 0 Å². The zero-order valence-corrected chi connectivity index (χ0v) is 15.9. The molecule has 0 radical (unpaired) electrons. The van der Waals surface area contributed by atoms with Gasteiger partial charge in [-0.25, -0.2) is 4.98 Å². The molecule has 3 rings (SSSR count). The number of anilines is 2. The zero-order chi connectivity index (χ0) is 17.6. The first-order chi connectivity index (χ1) is 12.1. The third-order valence-electron chi connectivity index (χ3n) is 3.64.